The molecule has 28 heavy (non-hydrogen) atoms. The monoisotopic (exact) mass is 381 g/mol. The Morgan fingerprint density at radius 1 is 1.29 bits per heavy atom. The molecular formula is C22H27N3O3. The van der Waals surface area contributed by atoms with Crippen LogP contribution in [0.15, 0.2) is 29.4 Å². The van der Waals surface area contributed by atoms with Gasteiger partial charge < -0.3 is 9.47 Å². The fourth-order valence-corrected chi connectivity index (χ4v) is 4.32. The van der Waals surface area contributed by atoms with Crippen molar-refractivity contribution in [3.63, 3.8) is 0 Å². The molecule has 0 bridgehead atoms. The Morgan fingerprint density at radius 2 is 2.18 bits per heavy atom. The van der Waals surface area contributed by atoms with Crippen molar-refractivity contribution in [2.24, 2.45) is 10.9 Å². The lowest BCUT2D eigenvalue weighted by atomic mass is 9.75. The van der Waals surface area contributed by atoms with Crippen molar-refractivity contribution in [3.05, 3.63) is 41.1 Å². The van der Waals surface area contributed by atoms with Crippen LogP contribution >= 0.6 is 0 Å². The Balaban J connectivity index is 1.88. The molecule has 0 fully saturated rings. The molecule has 2 atom stereocenters. The number of aliphatic imine (C=N–C) groups is 1. The smallest absolute Gasteiger partial charge is 0.315 e. The molecule has 0 radical (unpaired) electrons. The Bertz CT molecular complexity index is 887. The van der Waals surface area contributed by atoms with Crippen LogP contribution in [0.3, 0.4) is 0 Å². The number of carbonyl (C=O) groups is 1. The fraction of sp³-hybridized carbons (Fsp3) is 0.500. The second-order valence-corrected chi connectivity index (χ2v) is 7.38. The van der Waals surface area contributed by atoms with E-state index < -0.39 is 5.92 Å². The van der Waals surface area contributed by atoms with Crippen molar-refractivity contribution in [1.29, 1.82) is 0 Å². The maximum atomic E-state index is 13.1. The lowest BCUT2D eigenvalue weighted by molar-refractivity contribution is -0.146. The first-order valence-corrected chi connectivity index (χ1v) is 10.3. The van der Waals surface area contributed by atoms with Gasteiger partial charge in [-0.1, -0.05) is 31.5 Å². The normalized spacial score (nSPS) is 21.0. The van der Waals surface area contributed by atoms with Crippen LogP contribution < -0.4 is 4.74 Å². The summed E-state index contributed by atoms with van der Waals surface area (Å²) in [7, 11) is 0. The third-order valence-corrected chi connectivity index (χ3v) is 5.53. The number of hydrogen-bond donors (Lipinski definition) is 1. The van der Waals surface area contributed by atoms with Crippen molar-refractivity contribution < 1.29 is 14.3 Å². The molecule has 0 spiro atoms. The molecule has 4 rings (SSSR count). The zero-order valence-electron chi connectivity index (χ0n) is 16.5. The van der Waals surface area contributed by atoms with Gasteiger partial charge in [0, 0.05) is 22.8 Å². The molecule has 0 saturated carbocycles. The lowest BCUT2D eigenvalue weighted by Crippen LogP contribution is -2.34. The highest BCUT2D eigenvalue weighted by atomic mass is 16.5. The van der Waals surface area contributed by atoms with Gasteiger partial charge in [0.25, 0.3) is 0 Å². The van der Waals surface area contributed by atoms with E-state index in [1.165, 1.54) is 5.56 Å². The summed E-state index contributed by atoms with van der Waals surface area (Å²) in [5, 5.41) is 7.22. The molecule has 0 aliphatic carbocycles. The first kappa shape index (κ1) is 18.7. The summed E-state index contributed by atoms with van der Waals surface area (Å²) in [6.07, 6.45) is 6.59. The van der Waals surface area contributed by atoms with E-state index >= 15 is 0 Å². The Hall–Kier alpha value is -2.63. The van der Waals surface area contributed by atoms with Crippen molar-refractivity contribution in [3.8, 4) is 5.75 Å². The summed E-state index contributed by atoms with van der Waals surface area (Å²) >= 11 is 0. The maximum Gasteiger partial charge on any atom is 0.315 e. The van der Waals surface area contributed by atoms with Crippen molar-refractivity contribution in [1.82, 2.24) is 10.2 Å². The Morgan fingerprint density at radius 3 is 3.00 bits per heavy atom. The first-order chi connectivity index (χ1) is 13.7. The van der Waals surface area contributed by atoms with Gasteiger partial charge in [-0.25, -0.2) is 4.99 Å². The van der Waals surface area contributed by atoms with Crippen molar-refractivity contribution in [2.45, 2.75) is 51.9 Å². The lowest BCUT2D eigenvalue weighted by Gasteiger charge is -2.31. The summed E-state index contributed by atoms with van der Waals surface area (Å²) in [4.78, 5) is 17.8. The number of rotatable bonds is 5. The average molecular weight is 381 g/mol. The summed E-state index contributed by atoms with van der Waals surface area (Å²) in [6, 6.07) is 6.27. The Labute approximate surface area is 165 Å². The van der Waals surface area contributed by atoms with Crippen LogP contribution in [0.5, 0.6) is 5.75 Å². The molecule has 3 heterocycles. The van der Waals surface area contributed by atoms with Gasteiger partial charge in [-0.2, -0.15) is 5.10 Å². The van der Waals surface area contributed by atoms with E-state index in [2.05, 4.69) is 35.3 Å². The van der Waals surface area contributed by atoms with E-state index in [0.29, 0.717) is 13.2 Å². The largest absolute Gasteiger partial charge is 0.493 e. The van der Waals surface area contributed by atoms with Crippen LogP contribution in [-0.2, 0) is 16.0 Å². The summed E-state index contributed by atoms with van der Waals surface area (Å²) in [5.74, 6) is 0.769. The minimum Gasteiger partial charge on any atom is -0.493 e. The van der Waals surface area contributed by atoms with E-state index in [1.807, 2.05) is 6.92 Å². The van der Waals surface area contributed by atoms with Crippen LogP contribution in [0.2, 0.25) is 0 Å². The summed E-state index contributed by atoms with van der Waals surface area (Å²) in [5.41, 5.74) is 4.03. The predicted octanol–water partition coefficient (Wildman–Crippen LogP) is 4.32. The van der Waals surface area contributed by atoms with E-state index in [-0.39, 0.29) is 11.9 Å². The predicted molar refractivity (Wildman–Crippen MR) is 107 cm³/mol. The summed E-state index contributed by atoms with van der Waals surface area (Å²) < 4.78 is 11.7. The number of ether oxygens (including phenoxy) is 2. The SMILES string of the molecule is CCCC1=Nc2[nH]ncc2C(c2cccc3c2OCCCC3)C1C(=O)OCC. The molecule has 0 amide bonds. The first-order valence-electron chi connectivity index (χ1n) is 10.3. The zero-order valence-corrected chi connectivity index (χ0v) is 16.5. The third-order valence-electron chi connectivity index (χ3n) is 5.53. The van der Waals surface area contributed by atoms with E-state index in [4.69, 9.17) is 14.5 Å². The third kappa shape index (κ3) is 3.32. The molecule has 1 N–H and O–H groups in total. The number of nitrogens with one attached hydrogen (secondary N) is 1. The van der Waals surface area contributed by atoms with Gasteiger partial charge in [-0.15, -0.1) is 0 Å². The number of H-pyrrole nitrogens is 1. The van der Waals surface area contributed by atoms with Crippen molar-refractivity contribution >= 4 is 17.5 Å². The van der Waals surface area contributed by atoms with Gasteiger partial charge >= 0.3 is 5.97 Å². The second-order valence-electron chi connectivity index (χ2n) is 7.38. The number of fused-ring (bicyclic) bond motifs is 2. The number of esters is 1. The van der Waals surface area contributed by atoms with E-state index in [1.54, 1.807) is 6.20 Å². The van der Waals surface area contributed by atoms with E-state index in [9.17, 15) is 4.79 Å². The van der Waals surface area contributed by atoms with Crippen molar-refractivity contribution in [2.75, 3.05) is 13.2 Å². The van der Waals surface area contributed by atoms with Gasteiger partial charge in [0.15, 0.2) is 5.82 Å². The number of aromatic amines is 1. The standard InChI is InChI=1S/C22H27N3O3/c1-3-8-17-19(22(26)27-4-2)18(16-13-23-25-21(16)24-17)15-11-7-10-14-9-5-6-12-28-20(14)15/h7,10-11,13,18-19H,3-6,8-9,12H2,1-2H3,(H,23,25). The number of nitrogens with zero attached hydrogens (tertiary/aromatic N) is 2. The molecule has 148 valence electrons. The van der Waals surface area contributed by atoms with Gasteiger partial charge in [0.2, 0.25) is 0 Å². The number of aryl methyl sites for hydroxylation is 1. The number of hydrogen-bond acceptors (Lipinski definition) is 5. The molecule has 6 nitrogen and oxygen atoms in total. The second kappa shape index (κ2) is 8.17. The zero-order chi connectivity index (χ0) is 19.5. The van der Waals surface area contributed by atoms with Crippen LogP contribution in [0, 0.1) is 5.92 Å². The summed E-state index contributed by atoms with van der Waals surface area (Å²) in [6.45, 7) is 4.99. The van der Waals surface area contributed by atoms with Crippen LogP contribution in [-0.4, -0.2) is 35.1 Å². The fourth-order valence-electron chi connectivity index (χ4n) is 4.32. The van der Waals surface area contributed by atoms with Gasteiger partial charge in [-0.3, -0.25) is 9.89 Å². The molecule has 0 saturated heterocycles. The van der Waals surface area contributed by atoms with Crippen LogP contribution in [0.1, 0.15) is 62.1 Å². The number of carbonyl (C=O) groups excluding carboxylic acids is 1. The molecule has 6 heteroatoms. The quantitative estimate of drug-likeness (QED) is 0.783. The molecular weight excluding hydrogens is 354 g/mol. The highest BCUT2D eigenvalue weighted by Gasteiger charge is 2.42. The van der Waals surface area contributed by atoms with Crippen LogP contribution in [0.25, 0.3) is 0 Å². The number of benzene rings is 1. The minimum absolute atomic E-state index is 0.208. The molecule has 2 aliphatic heterocycles. The Kier molecular flexibility index (Phi) is 5.46. The topological polar surface area (TPSA) is 76.6 Å². The molecule has 2 aromatic rings. The average Bonchev–Trinajstić information content (AvgIpc) is 3.02. The van der Waals surface area contributed by atoms with Crippen LogP contribution in [0.4, 0.5) is 5.82 Å². The molecule has 1 aromatic heterocycles. The number of para-hydroxylation sites is 1. The minimum atomic E-state index is -0.455. The molecule has 2 unspecified atom stereocenters. The van der Waals surface area contributed by atoms with E-state index in [0.717, 1.165) is 60.5 Å². The highest BCUT2D eigenvalue weighted by molar-refractivity contribution is 6.06. The maximum absolute atomic E-state index is 13.1. The number of aromatic nitrogens is 2. The van der Waals surface area contributed by atoms with Gasteiger partial charge in [0.05, 0.1) is 19.4 Å². The van der Waals surface area contributed by atoms with Gasteiger partial charge in [0.1, 0.15) is 11.7 Å². The highest BCUT2D eigenvalue weighted by Crippen LogP contribution is 2.46. The molecule has 2 aliphatic rings. The van der Waals surface area contributed by atoms with Gasteiger partial charge in [-0.05, 0) is 38.2 Å². The molecule has 1 aromatic carbocycles.